The molecule has 0 unspecified atom stereocenters. The number of hydrogen-bond donors (Lipinski definition) is 2. The molecule has 0 amide bonds. The van der Waals surface area contributed by atoms with Gasteiger partial charge in [-0.2, -0.15) is 0 Å². The third-order valence-electron chi connectivity index (χ3n) is 2.71. The Balaban J connectivity index is 2.51. The number of nitrogens with one attached hydrogen (secondary N) is 1. The minimum absolute atomic E-state index is 0.229. The normalized spacial score (nSPS) is 11.4. The number of nitrogens with two attached hydrogens (primary N) is 1. The smallest absolute Gasteiger partial charge is 0.250 e. The van der Waals surface area contributed by atoms with Gasteiger partial charge in [0.05, 0.1) is 11.1 Å². The van der Waals surface area contributed by atoms with Crippen LogP contribution in [0.15, 0.2) is 35.3 Å². The van der Waals surface area contributed by atoms with Crippen LogP contribution in [0, 0.1) is 12.3 Å². The molecule has 102 valence electrons. The molecular formula is C14H13ClN4O. The van der Waals surface area contributed by atoms with E-state index in [0.717, 1.165) is 11.8 Å². The maximum Gasteiger partial charge on any atom is 0.250 e. The average Bonchev–Trinajstić information content (AvgIpc) is 2.89. The maximum absolute atomic E-state index is 7.31. The predicted molar refractivity (Wildman–Crippen MR) is 80.9 cm³/mol. The number of rotatable bonds is 4. The molecule has 6 heteroatoms. The quantitative estimate of drug-likeness (QED) is 0.512. The largest absolute Gasteiger partial charge is 0.416 e. The van der Waals surface area contributed by atoms with E-state index in [0.29, 0.717) is 21.8 Å². The molecular weight excluding hydrogens is 276 g/mol. The third kappa shape index (κ3) is 2.62. The van der Waals surface area contributed by atoms with E-state index in [9.17, 15) is 0 Å². The highest BCUT2D eigenvalue weighted by Gasteiger charge is 2.15. The second kappa shape index (κ2) is 5.71. The average molecular weight is 289 g/mol. The van der Waals surface area contributed by atoms with Gasteiger partial charge in [-0.3, -0.25) is 0 Å². The molecule has 0 atom stereocenters. The molecule has 0 aliphatic heterocycles. The standard InChI is InChI=1S/C14H13ClN4O/c1-3-4-9(7-16)13-18-19-14(20-13)11-6-10(15)5-8(2)12(11)17/h3-7,16H,1,17H2,2H3/b9-4+,16-7?. The van der Waals surface area contributed by atoms with Gasteiger partial charge in [-0.25, -0.2) is 0 Å². The van der Waals surface area contributed by atoms with Gasteiger partial charge in [0.2, 0.25) is 11.8 Å². The number of nitrogens with zero attached hydrogens (tertiary/aromatic N) is 2. The molecule has 5 nitrogen and oxygen atoms in total. The first kappa shape index (κ1) is 14.0. The molecule has 1 aromatic carbocycles. The Morgan fingerprint density at radius 2 is 2.20 bits per heavy atom. The van der Waals surface area contributed by atoms with Crippen molar-refractivity contribution in [3.8, 4) is 11.5 Å². The van der Waals surface area contributed by atoms with Crippen molar-refractivity contribution in [2.45, 2.75) is 6.92 Å². The van der Waals surface area contributed by atoms with Gasteiger partial charge in [-0.15, -0.1) is 10.2 Å². The molecule has 0 fully saturated rings. The molecule has 2 rings (SSSR count). The molecule has 0 aliphatic carbocycles. The van der Waals surface area contributed by atoms with E-state index in [2.05, 4.69) is 16.8 Å². The lowest BCUT2D eigenvalue weighted by Gasteiger charge is -2.05. The maximum atomic E-state index is 7.31. The Morgan fingerprint density at radius 3 is 2.85 bits per heavy atom. The number of hydrogen-bond acceptors (Lipinski definition) is 5. The van der Waals surface area contributed by atoms with E-state index in [-0.39, 0.29) is 11.8 Å². The van der Waals surface area contributed by atoms with Crippen LogP contribution in [0.2, 0.25) is 5.02 Å². The SMILES string of the molecule is C=C/C=C(\C=N)c1nnc(-c2cc(Cl)cc(C)c2N)o1. The summed E-state index contributed by atoms with van der Waals surface area (Å²) in [6.45, 7) is 5.42. The highest BCUT2D eigenvalue weighted by Crippen LogP contribution is 2.31. The van der Waals surface area contributed by atoms with Crippen LogP contribution >= 0.6 is 11.6 Å². The lowest BCUT2D eigenvalue weighted by Crippen LogP contribution is -1.94. The lowest BCUT2D eigenvalue weighted by atomic mass is 10.1. The number of aryl methyl sites for hydroxylation is 1. The number of allylic oxidation sites excluding steroid dienone is 3. The molecule has 0 radical (unpaired) electrons. The van der Waals surface area contributed by atoms with Crippen LogP contribution in [0.5, 0.6) is 0 Å². The number of anilines is 1. The van der Waals surface area contributed by atoms with Gasteiger partial charge in [-0.1, -0.05) is 24.3 Å². The van der Waals surface area contributed by atoms with E-state index >= 15 is 0 Å². The second-order valence-corrected chi connectivity index (χ2v) is 4.53. The van der Waals surface area contributed by atoms with Crippen LogP contribution in [-0.2, 0) is 0 Å². The van der Waals surface area contributed by atoms with Crippen LogP contribution < -0.4 is 5.73 Å². The summed E-state index contributed by atoms with van der Waals surface area (Å²) in [6.07, 6.45) is 4.27. The van der Waals surface area contributed by atoms with Crippen molar-refractivity contribution in [2.75, 3.05) is 5.73 Å². The van der Waals surface area contributed by atoms with Gasteiger partial charge < -0.3 is 15.6 Å². The predicted octanol–water partition coefficient (Wildman–Crippen LogP) is 3.50. The lowest BCUT2D eigenvalue weighted by molar-refractivity contribution is 0.556. The summed E-state index contributed by atoms with van der Waals surface area (Å²) in [4.78, 5) is 0. The van der Waals surface area contributed by atoms with Gasteiger partial charge in [0.1, 0.15) is 0 Å². The molecule has 0 saturated carbocycles. The third-order valence-corrected chi connectivity index (χ3v) is 2.93. The van der Waals surface area contributed by atoms with Crippen molar-refractivity contribution in [2.24, 2.45) is 0 Å². The van der Waals surface area contributed by atoms with E-state index < -0.39 is 0 Å². The summed E-state index contributed by atoms with van der Waals surface area (Å²) in [6, 6.07) is 3.43. The fourth-order valence-electron chi connectivity index (χ4n) is 1.69. The van der Waals surface area contributed by atoms with Crippen LogP contribution in [0.25, 0.3) is 17.0 Å². The minimum Gasteiger partial charge on any atom is -0.416 e. The molecule has 0 bridgehead atoms. The summed E-state index contributed by atoms with van der Waals surface area (Å²) in [7, 11) is 0. The van der Waals surface area contributed by atoms with Crippen molar-refractivity contribution < 1.29 is 4.42 Å². The van der Waals surface area contributed by atoms with E-state index in [4.69, 9.17) is 27.2 Å². The number of halogens is 1. The highest BCUT2D eigenvalue weighted by molar-refractivity contribution is 6.31. The van der Waals surface area contributed by atoms with Gasteiger partial charge in [-0.05, 0) is 30.7 Å². The monoisotopic (exact) mass is 288 g/mol. The van der Waals surface area contributed by atoms with Gasteiger partial charge in [0, 0.05) is 16.9 Å². The Hall–Kier alpha value is -2.40. The summed E-state index contributed by atoms with van der Waals surface area (Å²) in [5, 5.41) is 15.7. The minimum atomic E-state index is 0.229. The molecule has 0 saturated heterocycles. The summed E-state index contributed by atoms with van der Waals surface area (Å²) in [5.74, 6) is 0.492. The zero-order valence-corrected chi connectivity index (χ0v) is 11.6. The number of aromatic nitrogens is 2. The van der Waals surface area contributed by atoms with Crippen molar-refractivity contribution in [1.29, 1.82) is 5.41 Å². The second-order valence-electron chi connectivity index (χ2n) is 4.10. The van der Waals surface area contributed by atoms with Crippen LogP contribution in [0.4, 0.5) is 5.69 Å². The topological polar surface area (TPSA) is 88.8 Å². The first-order chi connectivity index (χ1) is 9.56. The summed E-state index contributed by atoms with van der Waals surface area (Å²) in [5.41, 5.74) is 8.42. The van der Waals surface area contributed by atoms with Crippen LogP contribution in [0.3, 0.4) is 0 Å². The van der Waals surface area contributed by atoms with Gasteiger partial charge in [0.15, 0.2) is 0 Å². The van der Waals surface area contributed by atoms with Crippen molar-refractivity contribution >= 4 is 29.1 Å². The Labute approximate surface area is 121 Å². The highest BCUT2D eigenvalue weighted by atomic mass is 35.5. The Kier molecular flexibility index (Phi) is 4.00. The molecule has 3 N–H and O–H groups in total. The molecule has 1 aromatic heterocycles. The first-order valence-corrected chi connectivity index (χ1v) is 6.17. The molecule has 20 heavy (non-hydrogen) atoms. The van der Waals surface area contributed by atoms with E-state index in [1.165, 1.54) is 0 Å². The molecule has 0 spiro atoms. The molecule has 1 heterocycles. The molecule has 2 aromatic rings. The van der Waals surface area contributed by atoms with E-state index in [1.54, 1.807) is 24.3 Å². The van der Waals surface area contributed by atoms with Crippen molar-refractivity contribution in [3.63, 3.8) is 0 Å². The fraction of sp³-hybridized carbons (Fsp3) is 0.0714. The zero-order chi connectivity index (χ0) is 14.7. The Bertz CT molecular complexity index is 703. The summed E-state index contributed by atoms with van der Waals surface area (Å²) >= 11 is 6.01. The van der Waals surface area contributed by atoms with Crippen LogP contribution in [-0.4, -0.2) is 16.4 Å². The van der Waals surface area contributed by atoms with Crippen molar-refractivity contribution in [3.05, 3.63) is 47.3 Å². The number of benzene rings is 1. The van der Waals surface area contributed by atoms with Crippen LogP contribution in [0.1, 0.15) is 11.5 Å². The van der Waals surface area contributed by atoms with E-state index in [1.807, 2.05) is 6.92 Å². The zero-order valence-electron chi connectivity index (χ0n) is 10.9. The Morgan fingerprint density at radius 1 is 1.45 bits per heavy atom. The summed E-state index contributed by atoms with van der Waals surface area (Å²) < 4.78 is 5.54. The van der Waals surface area contributed by atoms with Gasteiger partial charge >= 0.3 is 0 Å². The number of nitrogen functional groups attached to an aromatic ring is 1. The van der Waals surface area contributed by atoms with Gasteiger partial charge in [0.25, 0.3) is 0 Å². The molecule has 0 aliphatic rings. The fourth-order valence-corrected chi connectivity index (χ4v) is 1.96. The van der Waals surface area contributed by atoms with Crippen molar-refractivity contribution in [1.82, 2.24) is 10.2 Å². The first-order valence-electron chi connectivity index (χ1n) is 5.80.